The van der Waals surface area contributed by atoms with Crippen LogP contribution in [0.15, 0.2) is 27.8 Å². The molecule has 2 aliphatic rings. The Balaban J connectivity index is 0.000000461. The lowest BCUT2D eigenvalue weighted by atomic mass is 9.83. The van der Waals surface area contributed by atoms with Crippen LogP contribution in [0.2, 0.25) is 0 Å². The molecule has 9 nitrogen and oxygen atoms in total. The van der Waals surface area contributed by atoms with E-state index in [1.807, 2.05) is 6.92 Å². The van der Waals surface area contributed by atoms with Gasteiger partial charge in [0, 0.05) is 24.6 Å². The zero-order valence-electron chi connectivity index (χ0n) is 23.5. The molecule has 1 amide bonds. The number of nitrogens with two attached hydrogens (primary N) is 1. The van der Waals surface area contributed by atoms with Gasteiger partial charge in [-0.2, -0.15) is 0 Å². The van der Waals surface area contributed by atoms with E-state index in [4.69, 9.17) is 20.3 Å². The molecular formula is C29H38FN3O6S. The maximum atomic E-state index is 13.9. The van der Waals surface area contributed by atoms with Crippen LogP contribution in [0.25, 0.3) is 10.2 Å². The summed E-state index contributed by atoms with van der Waals surface area (Å²) < 4.78 is 26.7. The van der Waals surface area contributed by atoms with Crippen LogP contribution in [0.3, 0.4) is 0 Å². The number of aromatic nitrogens is 2. The summed E-state index contributed by atoms with van der Waals surface area (Å²) in [6.45, 7) is 6.51. The van der Waals surface area contributed by atoms with Gasteiger partial charge in [-0.15, -0.1) is 11.3 Å². The van der Waals surface area contributed by atoms with Crippen LogP contribution >= 0.6 is 11.3 Å². The van der Waals surface area contributed by atoms with Gasteiger partial charge in [-0.25, -0.2) is 13.8 Å². The number of rotatable bonds is 7. The summed E-state index contributed by atoms with van der Waals surface area (Å²) in [5.74, 6) is -0.274. The van der Waals surface area contributed by atoms with Gasteiger partial charge in [0.2, 0.25) is 5.91 Å². The largest absolute Gasteiger partial charge is 0.496 e. The van der Waals surface area contributed by atoms with Gasteiger partial charge in [0.25, 0.3) is 5.56 Å². The van der Waals surface area contributed by atoms with Gasteiger partial charge >= 0.3 is 5.69 Å². The van der Waals surface area contributed by atoms with Crippen LogP contribution in [-0.4, -0.2) is 46.6 Å². The average molecular weight is 576 g/mol. The van der Waals surface area contributed by atoms with E-state index in [0.29, 0.717) is 33.9 Å². The smallest absolute Gasteiger partial charge is 0.333 e. The summed E-state index contributed by atoms with van der Waals surface area (Å²) in [5.41, 5.74) is 4.42. The quantitative estimate of drug-likeness (QED) is 0.444. The Labute approximate surface area is 236 Å². The van der Waals surface area contributed by atoms with E-state index in [1.165, 1.54) is 49.0 Å². The molecular weight excluding hydrogens is 537 g/mol. The maximum absolute atomic E-state index is 13.9. The zero-order valence-corrected chi connectivity index (χ0v) is 24.3. The number of thiophene rings is 1. The summed E-state index contributed by atoms with van der Waals surface area (Å²) in [7, 11) is 1.50. The van der Waals surface area contributed by atoms with Crippen LogP contribution in [0.4, 0.5) is 4.39 Å². The van der Waals surface area contributed by atoms with E-state index in [2.05, 4.69) is 0 Å². The molecule has 11 heteroatoms. The fourth-order valence-electron chi connectivity index (χ4n) is 5.08. The number of benzene rings is 1. The first-order chi connectivity index (χ1) is 19.0. The highest BCUT2D eigenvalue weighted by Gasteiger charge is 2.34. The number of aliphatic hydroxyl groups is 1. The molecule has 0 spiro atoms. The van der Waals surface area contributed by atoms with Gasteiger partial charge < -0.3 is 20.3 Å². The van der Waals surface area contributed by atoms with Crippen LogP contribution in [-0.2, 0) is 28.0 Å². The molecule has 1 saturated carbocycles. The number of aryl methyl sites for hydroxylation is 3. The number of primary amides is 1. The van der Waals surface area contributed by atoms with Crippen molar-refractivity contribution in [3.05, 3.63) is 60.9 Å². The zero-order chi connectivity index (χ0) is 29.2. The summed E-state index contributed by atoms with van der Waals surface area (Å²) in [4.78, 5) is 41.0. The topological polar surface area (TPSA) is 126 Å². The first-order valence-corrected chi connectivity index (χ1v) is 14.5. The fraction of sp³-hybridized carbons (Fsp3) is 0.552. The van der Waals surface area contributed by atoms with Gasteiger partial charge in [0.05, 0.1) is 18.6 Å². The molecule has 1 aliphatic heterocycles. The Hall–Kier alpha value is -3.02. The van der Waals surface area contributed by atoms with Crippen molar-refractivity contribution in [1.82, 2.24) is 9.13 Å². The molecule has 0 radical (unpaired) electrons. The molecule has 2 fully saturated rings. The Morgan fingerprint density at radius 2 is 1.90 bits per heavy atom. The van der Waals surface area contributed by atoms with E-state index in [9.17, 15) is 18.8 Å². The van der Waals surface area contributed by atoms with Crippen molar-refractivity contribution >= 4 is 27.5 Å². The minimum Gasteiger partial charge on any atom is -0.496 e. The number of halogens is 1. The monoisotopic (exact) mass is 575 g/mol. The predicted molar refractivity (Wildman–Crippen MR) is 153 cm³/mol. The van der Waals surface area contributed by atoms with E-state index in [0.717, 1.165) is 60.3 Å². The SMILES string of the molecule is COc1ccc(F)cc1CCn1c(=O)n(C(C)(C)C(N)=O)c(=O)c2c(C)c(C3CCC3)sc21.OC1CCOCC1. The summed E-state index contributed by atoms with van der Waals surface area (Å²) in [6, 6.07) is 4.24. The van der Waals surface area contributed by atoms with Crippen molar-refractivity contribution in [2.24, 2.45) is 5.73 Å². The molecule has 40 heavy (non-hydrogen) atoms. The molecule has 218 valence electrons. The number of nitrogens with zero attached hydrogens (tertiary/aromatic N) is 2. The minimum absolute atomic E-state index is 0.0891. The third-order valence-electron chi connectivity index (χ3n) is 7.93. The van der Waals surface area contributed by atoms with Gasteiger partial charge in [-0.1, -0.05) is 6.42 Å². The molecule has 0 bridgehead atoms. The molecule has 3 heterocycles. The first-order valence-electron chi connectivity index (χ1n) is 13.6. The van der Waals surface area contributed by atoms with Crippen molar-refractivity contribution < 1.29 is 23.8 Å². The Morgan fingerprint density at radius 1 is 1.23 bits per heavy atom. The van der Waals surface area contributed by atoms with E-state index in [-0.39, 0.29) is 12.6 Å². The summed E-state index contributed by atoms with van der Waals surface area (Å²) in [5, 5.41) is 9.28. The molecule has 3 N–H and O–H groups in total. The van der Waals surface area contributed by atoms with Crippen molar-refractivity contribution in [1.29, 1.82) is 0 Å². The van der Waals surface area contributed by atoms with E-state index in [1.54, 1.807) is 6.07 Å². The Bertz CT molecular complexity index is 1500. The third-order valence-corrected chi connectivity index (χ3v) is 9.40. The van der Waals surface area contributed by atoms with Crippen LogP contribution < -0.4 is 21.7 Å². The molecule has 5 rings (SSSR count). The number of methoxy groups -OCH3 is 1. The lowest BCUT2D eigenvalue weighted by molar-refractivity contribution is -0.125. The minimum atomic E-state index is -1.51. The Kier molecular flexibility index (Phi) is 9.16. The number of carbonyl (C=O) groups excluding carboxylic acids is 1. The highest BCUT2D eigenvalue weighted by Crippen LogP contribution is 2.43. The number of hydrogen-bond acceptors (Lipinski definition) is 7. The van der Waals surface area contributed by atoms with Gasteiger partial charge in [0.1, 0.15) is 21.9 Å². The van der Waals surface area contributed by atoms with Gasteiger partial charge in [0.15, 0.2) is 0 Å². The lowest BCUT2D eigenvalue weighted by Gasteiger charge is -2.25. The number of hydrogen-bond donors (Lipinski definition) is 2. The highest BCUT2D eigenvalue weighted by atomic mass is 32.1. The fourth-order valence-corrected chi connectivity index (χ4v) is 6.57. The third kappa shape index (κ3) is 5.87. The maximum Gasteiger partial charge on any atom is 0.333 e. The van der Waals surface area contributed by atoms with Crippen LogP contribution in [0.5, 0.6) is 5.75 Å². The molecule has 1 aromatic carbocycles. The summed E-state index contributed by atoms with van der Waals surface area (Å²) in [6.07, 6.45) is 5.11. The summed E-state index contributed by atoms with van der Waals surface area (Å²) >= 11 is 1.47. The molecule has 3 aromatic rings. The number of amides is 1. The van der Waals surface area contributed by atoms with Gasteiger partial charge in [-0.05, 0) is 88.1 Å². The standard InChI is InChI=1S/C24H28FN3O4S.C5H10O2/c1-13-18-20(29)28(24(2,3)22(26)30)23(31)27(21(18)33-19(13)14-6-5-7-14)11-10-15-12-16(25)8-9-17(15)32-4;6-5-1-3-7-4-2-5/h8-9,12,14H,5-7,10-11H2,1-4H3,(H2,26,30);5-6H,1-4H2. The lowest BCUT2D eigenvalue weighted by Crippen LogP contribution is -2.54. The van der Waals surface area contributed by atoms with Crippen molar-refractivity contribution in [3.8, 4) is 5.75 Å². The number of carbonyl (C=O) groups is 1. The van der Waals surface area contributed by atoms with Crippen LogP contribution in [0.1, 0.15) is 67.9 Å². The average Bonchev–Trinajstić information content (AvgIpc) is 3.20. The van der Waals surface area contributed by atoms with Crippen molar-refractivity contribution in [3.63, 3.8) is 0 Å². The van der Waals surface area contributed by atoms with Crippen molar-refractivity contribution in [2.45, 2.75) is 83.4 Å². The molecule has 1 aliphatic carbocycles. The second-order valence-electron chi connectivity index (χ2n) is 10.9. The first kappa shape index (κ1) is 30.0. The second kappa shape index (κ2) is 12.2. The second-order valence-corrected chi connectivity index (χ2v) is 12.0. The molecule has 1 saturated heterocycles. The van der Waals surface area contributed by atoms with E-state index >= 15 is 0 Å². The molecule has 2 aromatic heterocycles. The predicted octanol–water partition coefficient (Wildman–Crippen LogP) is 3.57. The number of aliphatic hydroxyl groups excluding tert-OH is 1. The van der Waals surface area contributed by atoms with Gasteiger partial charge in [-0.3, -0.25) is 14.2 Å². The molecule has 0 atom stereocenters. The molecule has 0 unspecified atom stereocenters. The number of fused-ring (bicyclic) bond motifs is 1. The number of ether oxygens (including phenoxy) is 2. The highest BCUT2D eigenvalue weighted by molar-refractivity contribution is 7.19. The van der Waals surface area contributed by atoms with Crippen LogP contribution in [0, 0.1) is 12.7 Å². The Morgan fingerprint density at radius 3 is 2.42 bits per heavy atom. The van der Waals surface area contributed by atoms with Crippen molar-refractivity contribution in [2.75, 3.05) is 20.3 Å². The van der Waals surface area contributed by atoms with E-state index < -0.39 is 28.5 Å². The normalized spacial score (nSPS) is 16.4.